The fourth-order valence-electron chi connectivity index (χ4n) is 4.35. The van der Waals surface area contributed by atoms with Crippen molar-refractivity contribution in [3.8, 4) is 0 Å². The molecule has 1 aromatic rings. The van der Waals surface area contributed by atoms with Crippen LogP contribution in [-0.4, -0.2) is 37.9 Å². The van der Waals surface area contributed by atoms with E-state index in [0.29, 0.717) is 19.4 Å². The van der Waals surface area contributed by atoms with Gasteiger partial charge in [0.1, 0.15) is 5.82 Å². The lowest BCUT2D eigenvalue weighted by molar-refractivity contribution is -0.118. The van der Waals surface area contributed by atoms with Gasteiger partial charge in [-0.1, -0.05) is 25.0 Å². The lowest BCUT2D eigenvalue weighted by Gasteiger charge is -2.33. The molecule has 6 nitrogen and oxygen atoms in total. The summed E-state index contributed by atoms with van der Waals surface area (Å²) in [6.45, 7) is 0.605. The summed E-state index contributed by atoms with van der Waals surface area (Å²) in [6, 6.07) is 4.41. The molecule has 1 amide bonds. The number of halogens is 1. The molecule has 2 fully saturated rings. The molecule has 2 heterocycles. The Balaban J connectivity index is 1.58. The first-order chi connectivity index (χ1) is 15.0. The van der Waals surface area contributed by atoms with Crippen molar-refractivity contribution in [1.29, 1.82) is 0 Å². The van der Waals surface area contributed by atoms with Gasteiger partial charge < -0.3 is 21.1 Å². The van der Waals surface area contributed by atoms with Crippen LogP contribution in [0.2, 0.25) is 0 Å². The predicted molar refractivity (Wildman–Crippen MR) is 120 cm³/mol. The van der Waals surface area contributed by atoms with Crippen LogP contribution >= 0.6 is 0 Å². The Morgan fingerprint density at radius 2 is 2.26 bits per heavy atom. The Morgan fingerprint density at radius 1 is 1.42 bits per heavy atom. The normalized spacial score (nSPS) is 25.1. The molecule has 166 valence electrons. The zero-order chi connectivity index (χ0) is 21.8. The van der Waals surface area contributed by atoms with Crippen LogP contribution in [0.5, 0.6) is 0 Å². The molecular weight excluding hydrogens is 395 g/mol. The largest absolute Gasteiger partial charge is 0.380 e. The van der Waals surface area contributed by atoms with Crippen molar-refractivity contribution in [2.24, 2.45) is 16.6 Å². The SMILES string of the molecule is CO[C@H]1CN[C@@H](C(=O)Nc2cc(C(N)(CCC3CC3)C3=CC=NC=CC3)ccc2F)C1. The van der Waals surface area contributed by atoms with Gasteiger partial charge in [-0.05, 0) is 60.9 Å². The van der Waals surface area contributed by atoms with E-state index in [1.165, 1.54) is 18.9 Å². The van der Waals surface area contributed by atoms with Crippen LogP contribution in [0.4, 0.5) is 10.1 Å². The molecule has 3 atom stereocenters. The molecule has 1 unspecified atom stereocenters. The van der Waals surface area contributed by atoms with Crippen molar-refractivity contribution in [2.45, 2.75) is 56.2 Å². The maximum absolute atomic E-state index is 14.6. The van der Waals surface area contributed by atoms with E-state index < -0.39 is 17.4 Å². The lowest BCUT2D eigenvalue weighted by Crippen LogP contribution is -2.39. The van der Waals surface area contributed by atoms with Gasteiger partial charge in [0.15, 0.2) is 0 Å². The minimum atomic E-state index is -0.747. The number of carbonyl (C=O) groups is 1. The molecule has 1 aromatic carbocycles. The topological polar surface area (TPSA) is 88.7 Å². The lowest BCUT2D eigenvalue weighted by atomic mass is 9.77. The van der Waals surface area contributed by atoms with Gasteiger partial charge in [-0.2, -0.15) is 0 Å². The van der Waals surface area contributed by atoms with E-state index in [4.69, 9.17) is 10.5 Å². The molecule has 1 saturated heterocycles. The zero-order valence-electron chi connectivity index (χ0n) is 17.9. The average Bonchev–Trinajstić information content (AvgIpc) is 3.54. The van der Waals surface area contributed by atoms with Gasteiger partial charge in [0.25, 0.3) is 0 Å². The number of benzene rings is 1. The molecule has 1 aliphatic carbocycles. The third kappa shape index (κ3) is 5.11. The van der Waals surface area contributed by atoms with Crippen LogP contribution in [0, 0.1) is 11.7 Å². The van der Waals surface area contributed by atoms with E-state index >= 15 is 0 Å². The average molecular weight is 427 g/mol. The third-order valence-corrected chi connectivity index (χ3v) is 6.59. The van der Waals surface area contributed by atoms with Crippen molar-refractivity contribution in [3.63, 3.8) is 0 Å². The number of anilines is 1. The molecular formula is C24H31FN4O2. The Labute approximate surface area is 182 Å². The molecule has 7 heteroatoms. The second kappa shape index (κ2) is 9.42. The molecule has 0 aromatic heterocycles. The standard InChI is InChI=1S/C24H31FN4O2/c1-31-19-14-22(28-15-19)23(30)29-21-13-18(6-7-20(21)25)24(26,10-8-16-4-5-16)17-3-2-11-27-12-9-17/h2,6-7,9,11-13,16,19,22,28H,3-5,8,10,14-15,26H2,1H3,(H,29,30)/t19-,22-,24?/m1/s1. The molecule has 1 saturated carbocycles. The minimum Gasteiger partial charge on any atom is -0.380 e. The van der Waals surface area contributed by atoms with E-state index in [0.717, 1.165) is 29.9 Å². The molecule has 2 aliphatic heterocycles. The van der Waals surface area contributed by atoms with Crippen molar-refractivity contribution in [2.75, 3.05) is 19.0 Å². The van der Waals surface area contributed by atoms with E-state index in [1.807, 2.05) is 12.2 Å². The number of methoxy groups -OCH3 is 1. The fourth-order valence-corrected chi connectivity index (χ4v) is 4.35. The van der Waals surface area contributed by atoms with Gasteiger partial charge in [0, 0.05) is 26.1 Å². The first kappa shape index (κ1) is 21.9. The number of hydrogen-bond acceptors (Lipinski definition) is 5. The van der Waals surface area contributed by atoms with E-state index in [9.17, 15) is 9.18 Å². The van der Waals surface area contributed by atoms with Crippen LogP contribution in [0.15, 0.2) is 47.1 Å². The van der Waals surface area contributed by atoms with Crippen LogP contribution in [0.25, 0.3) is 0 Å². The summed E-state index contributed by atoms with van der Waals surface area (Å²) < 4.78 is 19.9. The second-order valence-corrected chi connectivity index (χ2v) is 8.77. The monoisotopic (exact) mass is 426 g/mol. The van der Waals surface area contributed by atoms with Crippen LogP contribution in [-0.2, 0) is 15.1 Å². The van der Waals surface area contributed by atoms with E-state index in [2.05, 4.69) is 15.6 Å². The number of amides is 1. The van der Waals surface area contributed by atoms with Gasteiger partial charge in [0.2, 0.25) is 5.91 Å². The second-order valence-electron chi connectivity index (χ2n) is 8.77. The maximum Gasteiger partial charge on any atom is 0.241 e. The van der Waals surface area contributed by atoms with E-state index in [1.54, 1.807) is 31.7 Å². The summed E-state index contributed by atoms with van der Waals surface area (Å²) in [7, 11) is 1.63. The van der Waals surface area contributed by atoms with Gasteiger partial charge in [-0.15, -0.1) is 0 Å². The van der Waals surface area contributed by atoms with Crippen LogP contribution in [0.3, 0.4) is 0 Å². The summed E-state index contributed by atoms with van der Waals surface area (Å²) in [5.41, 5.74) is 8.27. The highest BCUT2D eigenvalue weighted by molar-refractivity contribution is 5.95. The third-order valence-electron chi connectivity index (χ3n) is 6.59. The van der Waals surface area contributed by atoms with Crippen molar-refractivity contribution < 1.29 is 13.9 Å². The number of nitrogens with two attached hydrogens (primary N) is 1. The summed E-state index contributed by atoms with van der Waals surface area (Å²) in [4.78, 5) is 16.9. The first-order valence-corrected chi connectivity index (χ1v) is 11.0. The number of carbonyl (C=O) groups excluding carboxylic acids is 1. The molecule has 3 aliphatic rings. The molecule has 4 rings (SSSR count). The van der Waals surface area contributed by atoms with Crippen LogP contribution in [0.1, 0.15) is 44.1 Å². The van der Waals surface area contributed by atoms with E-state index in [-0.39, 0.29) is 17.7 Å². The van der Waals surface area contributed by atoms with Crippen molar-refractivity contribution >= 4 is 17.8 Å². The number of allylic oxidation sites excluding steroid dienone is 2. The fraction of sp³-hybridized carbons (Fsp3) is 0.500. The Hall–Kier alpha value is -2.35. The minimum absolute atomic E-state index is 0.0112. The van der Waals surface area contributed by atoms with Gasteiger partial charge in [0.05, 0.1) is 23.4 Å². The summed E-state index contributed by atoms with van der Waals surface area (Å²) in [6.07, 6.45) is 13.0. The highest BCUT2D eigenvalue weighted by atomic mass is 19.1. The zero-order valence-corrected chi connectivity index (χ0v) is 17.9. The maximum atomic E-state index is 14.6. The molecule has 31 heavy (non-hydrogen) atoms. The van der Waals surface area contributed by atoms with Crippen molar-refractivity contribution in [1.82, 2.24) is 5.32 Å². The quantitative estimate of drug-likeness (QED) is 0.594. The number of nitrogens with one attached hydrogen (secondary N) is 2. The number of rotatable bonds is 8. The molecule has 0 bridgehead atoms. The Morgan fingerprint density at radius 3 is 3.00 bits per heavy atom. The summed E-state index contributed by atoms with van der Waals surface area (Å²) in [5.74, 6) is -0.0144. The van der Waals surface area contributed by atoms with Gasteiger partial charge >= 0.3 is 0 Å². The summed E-state index contributed by atoms with van der Waals surface area (Å²) in [5, 5.41) is 5.88. The number of nitrogens with zero attached hydrogens (tertiary/aromatic N) is 1. The number of aliphatic imine (C=N–C) groups is 1. The van der Waals surface area contributed by atoms with Crippen LogP contribution < -0.4 is 16.4 Å². The molecule has 0 spiro atoms. The number of ether oxygens (including phenoxy) is 1. The Kier molecular flexibility index (Phi) is 6.65. The van der Waals surface area contributed by atoms with Crippen molar-refractivity contribution in [3.05, 3.63) is 53.5 Å². The first-order valence-electron chi connectivity index (χ1n) is 11.0. The van der Waals surface area contributed by atoms with Gasteiger partial charge in [-0.3, -0.25) is 9.79 Å². The Bertz CT molecular complexity index is 909. The molecule has 4 N–H and O–H groups in total. The van der Waals surface area contributed by atoms with Gasteiger partial charge in [-0.25, -0.2) is 4.39 Å². The highest BCUT2D eigenvalue weighted by Gasteiger charge is 2.35. The predicted octanol–water partition coefficient (Wildman–Crippen LogP) is 3.40. The molecule has 0 radical (unpaired) electrons. The summed E-state index contributed by atoms with van der Waals surface area (Å²) >= 11 is 0. The number of hydrogen-bond donors (Lipinski definition) is 3. The smallest absolute Gasteiger partial charge is 0.241 e. The highest BCUT2D eigenvalue weighted by Crippen LogP contribution is 2.41.